The van der Waals surface area contributed by atoms with Crippen molar-refractivity contribution >= 4 is 23.5 Å². The molecular formula is C16H13ClN4O. The predicted molar refractivity (Wildman–Crippen MR) is 85.8 cm³/mol. The summed E-state index contributed by atoms with van der Waals surface area (Å²) in [5.74, 6) is 0.0367. The minimum atomic E-state index is -0.318. The van der Waals surface area contributed by atoms with E-state index in [-0.39, 0.29) is 11.9 Å². The van der Waals surface area contributed by atoms with E-state index >= 15 is 0 Å². The Balaban J connectivity index is 2.05. The van der Waals surface area contributed by atoms with Crippen LogP contribution in [0.15, 0.2) is 48.5 Å². The molecule has 1 heterocycles. The van der Waals surface area contributed by atoms with Gasteiger partial charge in [0.1, 0.15) is 0 Å². The molecule has 110 valence electrons. The highest BCUT2D eigenvalue weighted by atomic mass is 35.5. The van der Waals surface area contributed by atoms with Crippen LogP contribution in [0.4, 0.5) is 5.95 Å². The van der Waals surface area contributed by atoms with Crippen LogP contribution >= 0.6 is 11.6 Å². The smallest absolute Gasteiger partial charge is 0.281 e. The molecule has 0 aliphatic heterocycles. The van der Waals surface area contributed by atoms with Gasteiger partial charge in [-0.1, -0.05) is 41.9 Å². The van der Waals surface area contributed by atoms with E-state index in [9.17, 15) is 4.79 Å². The Kier molecular flexibility index (Phi) is 3.65. The molecule has 5 nitrogen and oxygen atoms in total. The standard InChI is InChI=1S/C16H13ClN4O/c1-10-6-2-3-7-11(10)15(22)21-16(18)19-14(20-21)12-8-4-5-9-13(12)17/h2-9H,1H3,(H2,18,19,20). The van der Waals surface area contributed by atoms with Gasteiger partial charge in [-0.15, -0.1) is 5.10 Å². The Morgan fingerprint density at radius 2 is 1.82 bits per heavy atom. The van der Waals surface area contributed by atoms with Crippen LogP contribution in [0.2, 0.25) is 5.02 Å². The lowest BCUT2D eigenvalue weighted by molar-refractivity contribution is 0.0947. The Hall–Kier alpha value is -2.66. The van der Waals surface area contributed by atoms with E-state index in [0.717, 1.165) is 10.2 Å². The second-order valence-corrected chi connectivity index (χ2v) is 5.21. The number of rotatable bonds is 2. The van der Waals surface area contributed by atoms with Crippen molar-refractivity contribution < 1.29 is 4.79 Å². The number of nitrogen functional groups attached to an aromatic ring is 1. The molecule has 0 fully saturated rings. The second kappa shape index (κ2) is 5.61. The lowest BCUT2D eigenvalue weighted by Gasteiger charge is -2.04. The van der Waals surface area contributed by atoms with Crippen molar-refractivity contribution in [1.82, 2.24) is 14.8 Å². The number of hydrogen-bond acceptors (Lipinski definition) is 4. The van der Waals surface area contributed by atoms with Crippen molar-refractivity contribution in [1.29, 1.82) is 0 Å². The fourth-order valence-electron chi connectivity index (χ4n) is 2.16. The van der Waals surface area contributed by atoms with Gasteiger partial charge in [-0.3, -0.25) is 4.79 Å². The molecule has 3 aromatic rings. The predicted octanol–water partition coefficient (Wildman–Crippen LogP) is 3.18. The zero-order valence-corrected chi connectivity index (χ0v) is 12.6. The lowest BCUT2D eigenvalue weighted by atomic mass is 10.1. The summed E-state index contributed by atoms with van der Waals surface area (Å²) < 4.78 is 1.10. The Bertz CT molecular complexity index is 857. The molecule has 0 bridgehead atoms. The van der Waals surface area contributed by atoms with Gasteiger partial charge in [0.05, 0.1) is 5.02 Å². The average Bonchev–Trinajstić information content (AvgIpc) is 2.89. The van der Waals surface area contributed by atoms with Crippen molar-refractivity contribution in [3.8, 4) is 11.4 Å². The molecule has 1 aromatic heterocycles. The zero-order chi connectivity index (χ0) is 15.7. The maximum absolute atomic E-state index is 12.6. The van der Waals surface area contributed by atoms with Gasteiger partial charge in [0.15, 0.2) is 5.82 Å². The molecule has 0 aliphatic rings. The summed E-state index contributed by atoms with van der Waals surface area (Å²) in [5.41, 5.74) is 7.86. The number of carbonyl (C=O) groups excluding carboxylic acids is 1. The van der Waals surface area contributed by atoms with E-state index in [0.29, 0.717) is 22.0 Å². The molecule has 22 heavy (non-hydrogen) atoms. The van der Waals surface area contributed by atoms with Crippen molar-refractivity contribution in [2.75, 3.05) is 5.73 Å². The number of hydrogen-bond donors (Lipinski definition) is 1. The fourth-order valence-corrected chi connectivity index (χ4v) is 2.38. The molecule has 0 aliphatic carbocycles. The van der Waals surface area contributed by atoms with Crippen LogP contribution in [0.25, 0.3) is 11.4 Å². The SMILES string of the molecule is Cc1ccccc1C(=O)n1nc(-c2ccccc2Cl)nc1N. The normalized spacial score (nSPS) is 10.6. The summed E-state index contributed by atoms with van der Waals surface area (Å²) in [6, 6.07) is 14.4. The number of aromatic nitrogens is 3. The first-order valence-electron chi connectivity index (χ1n) is 6.65. The third-order valence-corrected chi connectivity index (χ3v) is 3.64. The van der Waals surface area contributed by atoms with Gasteiger partial charge in [0.25, 0.3) is 5.91 Å². The van der Waals surface area contributed by atoms with E-state index in [1.807, 2.05) is 31.2 Å². The summed E-state index contributed by atoms with van der Waals surface area (Å²) >= 11 is 6.13. The van der Waals surface area contributed by atoms with E-state index in [2.05, 4.69) is 10.1 Å². The van der Waals surface area contributed by atoms with Crippen molar-refractivity contribution in [3.63, 3.8) is 0 Å². The molecule has 0 saturated carbocycles. The highest BCUT2D eigenvalue weighted by Gasteiger charge is 2.18. The summed E-state index contributed by atoms with van der Waals surface area (Å²) in [5, 5.41) is 4.71. The van der Waals surface area contributed by atoms with Crippen molar-refractivity contribution in [2.45, 2.75) is 6.92 Å². The summed E-state index contributed by atoms with van der Waals surface area (Å²) in [6.45, 7) is 1.86. The number of halogens is 1. The van der Waals surface area contributed by atoms with E-state index in [1.165, 1.54) is 0 Å². The Morgan fingerprint density at radius 1 is 1.14 bits per heavy atom. The molecule has 0 radical (unpaired) electrons. The van der Waals surface area contributed by atoms with Crippen molar-refractivity contribution in [3.05, 3.63) is 64.7 Å². The van der Waals surface area contributed by atoms with Gasteiger partial charge in [-0.2, -0.15) is 9.67 Å². The van der Waals surface area contributed by atoms with E-state index in [4.69, 9.17) is 17.3 Å². The quantitative estimate of drug-likeness (QED) is 0.788. The first kappa shape index (κ1) is 14.3. The van der Waals surface area contributed by atoms with E-state index in [1.54, 1.807) is 24.3 Å². The van der Waals surface area contributed by atoms with Crippen LogP contribution in [-0.2, 0) is 0 Å². The molecule has 6 heteroatoms. The first-order valence-corrected chi connectivity index (χ1v) is 7.03. The van der Waals surface area contributed by atoms with Crippen LogP contribution in [-0.4, -0.2) is 20.7 Å². The van der Waals surface area contributed by atoms with Gasteiger partial charge in [-0.05, 0) is 30.7 Å². The van der Waals surface area contributed by atoms with E-state index < -0.39 is 0 Å². The van der Waals surface area contributed by atoms with Crippen LogP contribution in [0.3, 0.4) is 0 Å². The third kappa shape index (κ3) is 2.46. The van der Waals surface area contributed by atoms with Gasteiger partial charge in [0.2, 0.25) is 5.95 Å². The lowest BCUT2D eigenvalue weighted by Crippen LogP contribution is -2.17. The number of benzene rings is 2. The molecule has 0 spiro atoms. The molecule has 2 N–H and O–H groups in total. The van der Waals surface area contributed by atoms with Gasteiger partial charge < -0.3 is 5.73 Å². The highest BCUT2D eigenvalue weighted by molar-refractivity contribution is 6.33. The largest absolute Gasteiger partial charge is 0.368 e. The van der Waals surface area contributed by atoms with Gasteiger partial charge in [0, 0.05) is 11.1 Å². The second-order valence-electron chi connectivity index (χ2n) is 4.81. The molecule has 0 saturated heterocycles. The van der Waals surface area contributed by atoms with Crippen LogP contribution in [0.1, 0.15) is 15.9 Å². The monoisotopic (exact) mass is 312 g/mol. The van der Waals surface area contributed by atoms with Crippen LogP contribution in [0, 0.1) is 6.92 Å². The van der Waals surface area contributed by atoms with Gasteiger partial charge in [-0.25, -0.2) is 0 Å². The molecule has 0 amide bonds. The minimum absolute atomic E-state index is 0.0307. The maximum Gasteiger partial charge on any atom is 0.281 e. The number of carbonyl (C=O) groups is 1. The van der Waals surface area contributed by atoms with Gasteiger partial charge >= 0.3 is 0 Å². The summed E-state index contributed by atoms with van der Waals surface area (Å²) in [7, 11) is 0. The van der Waals surface area contributed by atoms with Crippen molar-refractivity contribution in [2.24, 2.45) is 0 Å². The first-order chi connectivity index (χ1) is 10.6. The Labute approximate surface area is 132 Å². The molecule has 0 unspecified atom stereocenters. The summed E-state index contributed by atoms with van der Waals surface area (Å²) in [4.78, 5) is 16.7. The number of nitrogens with zero attached hydrogens (tertiary/aromatic N) is 3. The molecule has 2 aromatic carbocycles. The average molecular weight is 313 g/mol. The zero-order valence-electron chi connectivity index (χ0n) is 11.8. The molecular weight excluding hydrogens is 300 g/mol. The number of anilines is 1. The van der Waals surface area contributed by atoms with Crippen LogP contribution in [0.5, 0.6) is 0 Å². The topological polar surface area (TPSA) is 73.8 Å². The highest BCUT2D eigenvalue weighted by Crippen LogP contribution is 2.25. The summed E-state index contributed by atoms with van der Waals surface area (Å²) in [6.07, 6.45) is 0. The number of nitrogens with two attached hydrogens (primary N) is 1. The maximum atomic E-state index is 12.6. The number of aryl methyl sites for hydroxylation is 1. The molecule has 3 rings (SSSR count). The minimum Gasteiger partial charge on any atom is -0.368 e. The fraction of sp³-hybridized carbons (Fsp3) is 0.0625. The third-order valence-electron chi connectivity index (χ3n) is 3.31. The molecule has 0 atom stereocenters. The van der Waals surface area contributed by atoms with Crippen LogP contribution < -0.4 is 5.73 Å². The Morgan fingerprint density at radius 3 is 2.55 bits per heavy atom.